The van der Waals surface area contributed by atoms with Crippen LogP contribution >= 0.6 is 0 Å². The van der Waals surface area contributed by atoms with Gasteiger partial charge in [0.05, 0.1) is 0 Å². The highest BCUT2D eigenvalue weighted by Gasteiger charge is 1.91. The molecule has 1 heteroatoms. The summed E-state index contributed by atoms with van der Waals surface area (Å²) in [5, 5.41) is 0. The summed E-state index contributed by atoms with van der Waals surface area (Å²) in [5.41, 5.74) is 0. The Hall–Kier alpha value is -0.330. The number of hydrogen-bond donors (Lipinski definition) is 0. The third kappa shape index (κ3) is 3.85. The second-order valence-corrected chi connectivity index (χ2v) is 2.04. The van der Waals surface area contributed by atoms with Crippen LogP contribution in [-0.4, -0.2) is 12.3 Å². The average molecular weight is 113 g/mol. The normalized spacial score (nSPS) is 14.9. The quantitative estimate of drug-likeness (QED) is 0.498. The summed E-state index contributed by atoms with van der Waals surface area (Å²) in [6.45, 7) is 6.29. The van der Waals surface area contributed by atoms with Gasteiger partial charge in [0, 0.05) is 6.04 Å². The SMILES string of the molecule is C/C=N\C(C)CCC. The number of hydrogen-bond acceptors (Lipinski definition) is 1. The fourth-order valence-corrected chi connectivity index (χ4v) is 0.747. The summed E-state index contributed by atoms with van der Waals surface area (Å²) in [4.78, 5) is 4.19. The van der Waals surface area contributed by atoms with Crippen molar-refractivity contribution in [2.24, 2.45) is 4.99 Å². The van der Waals surface area contributed by atoms with Gasteiger partial charge >= 0.3 is 0 Å². The van der Waals surface area contributed by atoms with Crippen LogP contribution in [0.1, 0.15) is 33.6 Å². The van der Waals surface area contributed by atoms with E-state index in [-0.39, 0.29) is 0 Å². The minimum absolute atomic E-state index is 0.532. The topological polar surface area (TPSA) is 12.4 Å². The second-order valence-electron chi connectivity index (χ2n) is 2.04. The number of nitrogens with zero attached hydrogens (tertiary/aromatic N) is 1. The zero-order valence-corrected chi connectivity index (χ0v) is 6.02. The molecule has 0 saturated carbocycles. The lowest BCUT2D eigenvalue weighted by molar-refractivity contribution is 0.657. The zero-order chi connectivity index (χ0) is 6.41. The molecular formula is C7H15N. The molecule has 0 fully saturated rings. The minimum atomic E-state index is 0.532. The molecule has 1 atom stereocenters. The first-order valence-electron chi connectivity index (χ1n) is 3.29. The van der Waals surface area contributed by atoms with E-state index in [0.717, 1.165) is 0 Å². The van der Waals surface area contributed by atoms with Crippen molar-refractivity contribution in [1.29, 1.82) is 0 Å². The molecule has 0 heterocycles. The summed E-state index contributed by atoms with van der Waals surface area (Å²) >= 11 is 0. The van der Waals surface area contributed by atoms with E-state index in [4.69, 9.17) is 0 Å². The maximum atomic E-state index is 4.19. The van der Waals surface area contributed by atoms with Gasteiger partial charge in [-0.1, -0.05) is 13.3 Å². The van der Waals surface area contributed by atoms with E-state index in [2.05, 4.69) is 18.8 Å². The fraction of sp³-hybridized carbons (Fsp3) is 0.857. The van der Waals surface area contributed by atoms with Crippen LogP contribution in [0, 0.1) is 0 Å². The standard InChI is InChI=1S/C7H15N/c1-4-6-7(3)8-5-2/h5,7H,4,6H2,1-3H3/b8-5-. The predicted molar refractivity (Wildman–Crippen MR) is 38.5 cm³/mol. The van der Waals surface area contributed by atoms with Gasteiger partial charge in [-0.25, -0.2) is 0 Å². The zero-order valence-electron chi connectivity index (χ0n) is 6.02. The molecule has 0 N–H and O–H groups in total. The summed E-state index contributed by atoms with van der Waals surface area (Å²) in [7, 11) is 0. The van der Waals surface area contributed by atoms with Crippen molar-refractivity contribution >= 4 is 6.21 Å². The van der Waals surface area contributed by atoms with Crippen molar-refractivity contribution in [2.75, 3.05) is 0 Å². The Morgan fingerprint density at radius 2 is 2.25 bits per heavy atom. The highest BCUT2D eigenvalue weighted by molar-refractivity contribution is 5.53. The number of rotatable bonds is 3. The van der Waals surface area contributed by atoms with Gasteiger partial charge in [-0.05, 0) is 26.5 Å². The highest BCUT2D eigenvalue weighted by atomic mass is 14.7. The molecule has 8 heavy (non-hydrogen) atoms. The fourth-order valence-electron chi connectivity index (χ4n) is 0.747. The molecule has 0 aromatic rings. The van der Waals surface area contributed by atoms with E-state index in [1.807, 2.05) is 13.1 Å². The van der Waals surface area contributed by atoms with Crippen LogP contribution in [0.3, 0.4) is 0 Å². The van der Waals surface area contributed by atoms with Crippen molar-refractivity contribution in [1.82, 2.24) is 0 Å². The molecule has 0 aromatic carbocycles. The molecule has 0 aromatic heterocycles. The Kier molecular flexibility index (Phi) is 4.62. The lowest BCUT2D eigenvalue weighted by Gasteiger charge is -1.99. The van der Waals surface area contributed by atoms with Gasteiger partial charge in [-0.15, -0.1) is 0 Å². The summed E-state index contributed by atoms with van der Waals surface area (Å²) in [5.74, 6) is 0. The molecule has 0 aliphatic rings. The van der Waals surface area contributed by atoms with Crippen LogP contribution < -0.4 is 0 Å². The molecule has 0 spiro atoms. The van der Waals surface area contributed by atoms with Gasteiger partial charge in [0.25, 0.3) is 0 Å². The van der Waals surface area contributed by atoms with Crippen LogP contribution in [0.15, 0.2) is 4.99 Å². The first kappa shape index (κ1) is 7.67. The molecule has 0 amide bonds. The predicted octanol–water partition coefficient (Wildman–Crippen LogP) is 2.27. The van der Waals surface area contributed by atoms with E-state index < -0.39 is 0 Å². The molecular weight excluding hydrogens is 98.1 g/mol. The van der Waals surface area contributed by atoms with E-state index in [1.54, 1.807) is 0 Å². The second kappa shape index (κ2) is 4.82. The van der Waals surface area contributed by atoms with Crippen molar-refractivity contribution < 1.29 is 0 Å². The lowest BCUT2D eigenvalue weighted by Crippen LogP contribution is -1.95. The lowest BCUT2D eigenvalue weighted by atomic mass is 10.2. The monoisotopic (exact) mass is 113 g/mol. The van der Waals surface area contributed by atoms with E-state index >= 15 is 0 Å². The van der Waals surface area contributed by atoms with Crippen molar-refractivity contribution in [3.63, 3.8) is 0 Å². The van der Waals surface area contributed by atoms with E-state index in [1.165, 1.54) is 12.8 Å². The maximum Gasteiger partial charge on any atom is 0.0467 e. The third-order valence-corrected chi connectivity index (χ3v) is 1.11. The Morgan fingerprint density at radius 3 is 2.62 bits per heavy atom. The van der Waals surface area contributed by atoms with Crippen molar-refractivity contribution in [3.8, 4) is 0 Å². The molecule has 0 saturated heterocycles. The third-order valence-electron chi connectivity index (χ3n) is 1.11. The average Bonchev–Trinajstić information content (AvgIpc) is 1.68. The Balaban J connectivity index is 3.17. The Morgan fingerprint density at radius 1 is 1.62 bits per heavy atom. The van der Waals surface area contributed by atoms with Gasteiger partial charge in [-0.3, -0.25) is 4.99 Å². The Bertz CT molecular complexity index is 66.8. The van der Waals surface area contributed by atoms with Gasteiger partial charge in [0.15, 0.2) is 0 Å². The largest absolute Gasteiger partial charge is 0.295 e. The summed E-state index contributed by atoms with van der Waals surface area (Å²) < 4.78 is 0. The first-order chi connectivity index (χ1) is 3.81. The van der Waals surface area contributed by atoms with Crippen molar-refractivity contribution in [3.05, 3.63) is 0 Å². The van der Waals surface area contributed by atoms with Crippen LogP contribution in [-0.2, 0) is 0 Å². The van der Waals surface area contributed by atoms with Gasteiger partial charge < -0.3 is 0 Å². The molecule has 48 valence electrons. The van der Waals surface area contributed by atoms with Crippen molar-refractivity contribution in [2.45, 2.75) is 39.7 Å². The van der Waals surface area contributed by atoms with Gasteiger partial charge in [-0.2, -0.15) is 0 Å². The van der Waals surface area contributed by atoms with Crippen LogP contribution in [0.2, 0.25) is 0 Å². The van der Waals surface area contributed by atoms with Gasteiger partial charge in [0.1, 0.15) is 0 Å². The number of aliphatic imine (C=N–C) groups is 1. The molecule has 0 bridgehead atoms. The highest BCUT2D eigenvalue weighted by Crippen LogP contribution is 1.97. The molecule has 1 unspecified atom stereocenters. The molecule has 0 aliphatic heterocycles. The van der Waals surface area contributed by atoms with Crippen LogP contribution in [0.4, 0.5) is 0 Å². The van der Waals surface area contributed by atoms with Gasteiger partial charge in [0.2, 0.25) is 0 Å². The maximum absolute atomic E-state index is 4.19. The molecule has 0 radical (unpaired) electrons. The van der Waals surface area contributed by atoms with Crippen LogP contribution in [0.5, 0.6) is 0 Å². The summed E-state index contributed by atoms with van der Waals surface area (Å²) in [6, 6.07) is 0.532. The first-order valence-corrected chi connectivity index (χ1v) is 3.29. The van der Waals surface area contributed by atoms with E-state index in [9.17, 15) is 0 Å². The summed E-state index contributed by atoms with van der Waals surface area (Å²) in [6.07, 6.45) is 4.32. The minimum Gasteiger partial charge on any atom is -0.295 e. The molecule has 0 aliphatic carbocycles. The van der Waals surface area contributed by atoms with E-state index in [0.29, 0.717) is 6.04 Å². The Labute approximate surface area is 51.8 Å². The molecule has 1 nitrogen and oxygen atoms in total. The van der Waals surface area contributed by atoms with Crippen LogP contribution in [0.25, 0.3) is 0 Å². The smallest absolute Gasteiger partial charge is 0.0467 e. The molecule has 0 rings (SSSR count).